The lowest BCUT2D eigenvalue weighted by molar-refractivity contribution is 0.0300. The van der Waals surface area contributed by atoms with Gasteiger partial charge >= 0.3 is 0 Å². The molecule has 1 N–H and O–H groups in total. The van der Waals surface area contributed by atoms with Crippen LogP contribution in [0, 0.1) is 0 Å². The maximum absolute atomic E-state index is 13.4. The second-order valence-corrected chi connectivity index (χ2v) is 8.00. The van der Waals surface area contributed by atoms with Crippen LogP contribution in [0.25, 0.3) is 21.8 Å². The molecule has 1 saturated heterocycles. The molecule has 4 heterocycles. The molecule has 0 bridgehead atoms. The molecule has 0 aliphatic carbocycles. The van der Waals surface area contributed by atoms with Crippen molar-refractivity contribution < 1.29 is 9.53 Å². The zero-order valence-corrected chi connectivity index (χ0v) is 18.2. The zero-order valence-electron chi connectivity index (χ0n) is 17.5. The maximum Gasteiger partial charge on any atom is 0.273 e. The number of hydrogen-bond donors (Lipinski definition) is 1. The molecule has 4 aromatic rings. The number of carbonyl (C=O) groups is 1. The summed E-state index contributed by atoms with van der Waals surface area (Å²) in [6.07, 6.45) is 3.21. The van der Waals surface area contributed by atoms with E-state index in [0.717, 1.165) is 10.9 Å². The average molecular weight is 449 g/mol. The van der Waals surface area contributed by atoms with Crippen LogP contribution < -0.4 is 5.32 Å². The van der Waals surface area contributed by atoms with Crippen LogP contribution in [-0.4, -0.2) is 57.0 Å². The standard InChI is InChI=1S/C23H21ClN6O2/c1-14(28-22-20-17(26-13-27-22)6-3-7-25-20)18-12-15-4-2-5-16(24)19(15)21(29-18)23(31)30-8-10-32-11-9-30/h2-7,12-14H,8-11H2,1H3,(H,26,27,28). The van der Waals surface area contributed by atoms with Crippen LogP contribution in [0.15, 0.2) is 48.9 Å². The molecule has 0 saturated carbocycles. The van der Waals surface area contributed by atoms with Gasteiger partial charge in [0.15, 0.2) is 5.82 Å². The number of pyridine rings is 2. The van der Waals surface area contributed by atoms with Crippen molar-refractivity contribution in [2.45, 2.75) is 13.0 Å². The van der Waals surface area contributed by atoms with Gasteiger partial charge in [-0.1, -0.05) is 23.7 Å². The SMILES string of the molecule is CC(Nc1ncnc2cccnc12)c1cc2cccc(Cl)c2c(C(=O)N2CCOCC2)n1. The van der Waals surface area contributed by atoms with Crippen LogP contribution in [0.3, 0.4) is 0 Å². The van der Waals surface area contributed by atoms with E-state index >= 15 is 0 Å². The van der Waals surface area contributed by atoms with Crippen molar-refractivity contribution in [1.82, 2.24) is 24.8 Å². The monoisotopic (exact) mass is 448 g/mol. The third-order valence-electron chi connectivity index (χ3n) is 5.52. The smallest absolute Gasteiger partial charge is 0.273 e. The second-order valence-electron chi connectivity index (χ2n) is 7.60. The van der Waals surface area contributed by atoms with E-state index in [9.17, 15) is 4.79 Å². The molecule has 8 nitrogen and oxygen atoms in total. The van der Waals surface area contributed by atoms with Gasteiger partial charge < -0.3 is 15.0 Å². The minimum absolute atomic E-state index is 0.144. The van der Waals surface area contributed by atoms with E-state index in [1.807, 2.05) is 37.3 Å². The van der Waals surface area contributed by atoms with Gasteiger partial charge in [0, 0.05) is 24.7 Å². The molecule has 1 amide bonds. The van der Waals surface area contributed by atoms with Crippen LogP contribution in [0.1, 0.15) is 29.1 Å². The summed E-state index contributed by atoms with van der Waals surface area (Å²) in [7, 11) is 0. The minimum atomic E-state index is -0.241. The normalized spacial score (nSPS) is 15.1. The quantitative estimate of drug-likeness (QED) is 0.506. The number of nitrogens with one attached hydrogen (secondary N) is 1. The Bertz CT molecular complexity index is 1300. The average Bonchev–Trinajstić information content (AvgIpc) is 2.84. The summed E-state index contributed by atoms with van der Waals surface area (Å²) < 4.78 is 5.39. The first-order valence-electron chi connectivity index (χ1n) is 10.4. The van der Waals surface area contributed by atoms with E-state index < -0.39 is 0 Å². The maximum atomic E-state index is 13.4. The number of rotatable bonds is 4. The van der Waals surface area contributed by atoms with Crippen LogP contribution in [0.2, 0.25) is 5.02 Å². The molecule has 1 aliphatic rings. The van der Waals surface area contributed by atoms with Crippen molar-refractivity contribution >= 4 is 45.1 Å². The lowest BCUT2D eigenvalue weighted by Crippen LogP contribution is -2.41. The number of amides is 1. The summed E-state index contributed by atoms with van der Waals surface area (Å²) in [4.78, 5) is 32.9. The third kappa shape index (κ3) is 3.83. The van der Waals surface area contributed by atoms with Gasteiger partial charge in [-0.3, -0.25) is 9.78 Å². The van der Waals surface area contributed by atoms with Gasteiger partial charge in [-0.05, 0) is 36.6 Å². The van der Waals surface area contributed by atoms with Gasteiger partial charge in [-0.2, -0.15) is 0 Å². The van der Waals surface area contributed by atoms with Crippen LogP contribution in [0.5, 0.6) is 0 Å². The van der Waals surface area contributed by atoms with E-state index in [-0.39, 0.29) is 11.9 Å². The van der Waals surface area contributed by atoms with Gasteiger partial charge in [0.25, 0.3) is 5.91 Å². The summed E-state index contributed by atoms with van der Waals surface area (Å²) >= 11 is 6.50. The number of morpholine rings is 1. The van der Waals surface area contributed by atoms with Crippen molar-refractivity contribution in [2.75, 3.05) is 31.6 Å². The molecule has 9 heteroatoms. The molecule has 162 valence electrons. The molecule has 1 fully saturated rings. The molecule has 1 aliphatic heterocycles. The van der Waals surface area contributed by atoms with Crippen molar-refractivity contribution in [2.24, 2.45) is 0 Å². The summed E-state index contributed by atoms with van der Waals surface area (Å²) in [5.41, 5.74) is 2.48. The van der Waals surface area contributed by atoms with Crippen molar-refractivity contribution in [3.63, 3.8) is 0 Å². The first-order chi connectivity index (χ1) is 15.6. The van der Waals surface area contributed by atoms with E-state index in [1.54, 1.807) is 17.2 Å². The molecular formula is C23H21ClN6O2. The van der Waals surface area contributed by atoms with Gasteiger partial charge in [0.1, 0.15) is 17.5 Å². The largest absolute Gasteiger partial charge is 0.378 e. The molecule has 1 unspecified atom stereocenters. The zero-order chi connectivity index (χ0) is 22.1. The number of hydrogen-bond acceptors (Lipinski definition) is 7. The molecule has 3 aromatic heterocycles. The Morgan fingerprint density at radius 3 is 2.84 bits per heavy atom. The Morgan fingerprint density at radius 2 is 2.00 bits per heavy atom. The predicted molar refractivity (Wildman–Crippen MR) is 123 cm³/mol. The number of nitrogens with zero attached hydrogens (tertiary/aromatic N) is 5. The number of carbonyl (C=O) groups excluding carboxylic acids is 1. The fourth-order valence-corrected chi connectivity index (χ4v) is 4.13. The highest BCUT2D eigenvalue weighted by Gasteiger charge is 2.24. The summed E-state index contributed by atoms with van der Waals surface area (Å²) in [5, 5.41) is 5.40. The fraction of sp³-hybridized carbons (Fsp3) is 0.261. The van der Waals surface area contributed by atoms with Crippen LogP contribution in [0.4, 0.5) is 5.82 Å². The number of ether oxygens (including phenoxy) is 1. The Kier molecular flexibility index (Phi) is 5.55. The third-order valence-corrected chi connectivity index (χ3v) is 5.83. The van der Waals surface area contributed by atoms with Crippen molar-refractivity contribution in [3.05, 3.63) is 65.3 Å². The summed E-state index contributed by atoms with van der Waals surface area (Å²) in [5.74, 6) is 0.465. The number of fused-ring (bicyclic) bond motifs is 2. The van der Waals surface area contributed by atoms with Gasteiger partial charge in [-0.15, -0.1) is 0 Å². The highest BCUT2D eigenvalue weighted by molar-refractivity contribution is 6.36. The van der Waals surface area contributed by atoms with E-state index in [4.69, 9.17) is 21.3 Å². The topological polar surface area (TPSA) is 93.1 Å². The second kappa shape index (κ2) is 8.64. The Balaban J connectivity index is 1.56. The molecular weight excluding hydrogens is 428 g/mol. The molecule has 0 radical (unpaired) electrons. The van der Waals surface area contributed by atoms with Gasteiger partial charge in [0.2, 0.25) is 0 Å². The lowest BCUT2D eigenvalue weighted by atomic mass is 10.0. The summed E-state index contributed by atoms with van der Waals surface area (Å²) in [6.45, 7) is 4.07. The lowest BCUT2D eigenvalue weighted by Gasteiger charge is -2.27. The number of aromatic nitrogens is 4. The molecule has 0 spiro atoms. The van der Waals surface area contributed by atoms with E-state index in [1.165, 1.54) is 6.33 Å². The minimum Gasteiger partial charge on any atom is -0.378 e. The van der Waals surface area contributed by atoms with E-state index in [0.29, 0.717) is 59.4 Å². The fourth-order valence-electron chi connectivity index (χ4n) is 3.86. The first kappa shape index (κ1) is 20.5. The Hall–Kier alpha value is -3.36. The highest BCUT2D eigenvalue weighted by atomic mass is 35.5. The Labute approximate surface area is 189 Å². The van der Waals surface area contributed by atoms with Gasteiger partial charge in [0.05, 0.1) is 35.5 Å². The van der Waals surface area contributed by atoms with Crippen LogP contribution in [-0.2, 0) is 4.74 Å². The number of halogens is 1. The molecule has 5 rings (SSSR count). The summed E-state index contributed by atoms with van der Waals surface area (Å²) in [6, 6.07) is 11.0. The highest BCUT2D eigenvalue weighted by Crippen LogP contribution is 2.30. The van der Waals surface area contributed by atoms with Crippen molar-refractivity contribution in [1.29, 1.82) is 0 Å². The number of anilines is 1. The molecule has 1 aromatic carbocycles. The van der Waals surface area contributed by atoms with Crippen LogP contribution >= 0.6 is 11.6 Å². The number of benzene rings is 1. The predicted octanol–water partition coefficient (Wildman–Crippen LogP) is 3.87. The Morgan fingerprint density at radius 1 is 1.16 bits per heavy atom. The van der Waals surface area contributed by atoms with E-state index in [2.05, 4.69) is 20.3 Å². The first-order valence-corrected chi connectivity index (χ1v) is 10.8. The van der Waals surface area contributed by atoms with Gasteiger partial charge in [-0.25, -0.2) is 15.0 Å². The molecule has 1 atom stereocenters. The van der Waals surface area contributed by atoms with Crippen molar-refractivity contribution in [3.8, 4) is 0 Å². The molecule has 32 heavy (non-hydrogen) atoms.